The lowest BCUT2D eigenvalue weighted by Crippen LogP contribution is -2.30. The van der Waals surface area contributed by atoms with Crippen molar-refractivity contribution in [3.8, 4) is 11.4 Å². The Morgan fingerprint density at radius 2 is 2.00 bits per heavy atom. The van der Waals surface area contributed by atoms with Crippen LogP contribution in [-0.2, 0) is 11.2 Å². The molecule has 0 aliphatic carbocycles. The number of carbonyl (C=O) groups is 1. The van der Waals surface area contributed by atoms with Gasteiger partial charge in [-0.1, -0.05) is 42.5 Å². The predicted octanol–water partition coefficient (Wildman–Crippen LogP) is 3.10. The third-order valence-corrected chi connectivity index (χ3v) is 4.76. The summed E-state index contributed by atoms with van der Waals surface area (Å²) in [5.41, 5.74) is 1.71. The monoisotopic (exact) mass is 350 g/mol. The maximum absolute atomic E-state index is 13.3. The summed E-state index contributed by atoms with van der Waals surface area (Å²) in [6.07, 6.45) is 2.80. The fourth-order valence-electron chi connectivity index (χ4n) is 3.43. The van der Waals surface area contributed by atoms with E-state index in [1.54, 1.807) is 18.5 Å². The van der Waals surface area contributed by atoms with Crippen LogP contribution in [-0.4, -0.2) is 38.7 Å². The molecule has 0 saturated carbocycles. The van der Waals surface area contributed by atoms with Crippen LogP contribution in [0.3, 0.4) is 0 Å². The van der Waals surface area contributed by atoms with Crippen molar-refractivity contribution in [1.29, 1.82) is 0 Å². The van der Waals surface area contributed by atoms with Gasteiger partial charge in [-0.15, -0.1) is 10.2 Å². The first-order chi connectivity index (χ1) is 12.7. The molecular weight excluding hydrogens is 331 g/mol. The van der Waals surface area contributed by atoms with Gasteiger partial charge < -0.3 is 9.47 Å². The molecule has 26 heavy (non-hydrogen) atoms. The molecule has 6 heteroatoms. The number of rotatable bonds is 4. The zero-order valence-corrected chi connectivity index (χ0v) is 14.3. The van der Waals surface area contributed by atoms with Crippen molar-refractivity contribution in [1.82, 2.24) is 19.7 Å². The Labute approximate surface area is 151 Å². The van der Waals surface area contributed by atoms with Gasteiger partial charge in [0.15, 0.2) is 5.82 Å². The Balaban J connectivity index is 1.46. The zero-order chi connectivity index (χ0) is 17.9. The van der Waals surface area contributed by atoms with E-state index in [1.165, 1.54) is 12.1 Å². The van der Waals surface area contributed by atoms with Crippen molar-refractivity contribution in [3.05, 3.63) is 72.3 Å². The molecule has 0 N–H and O–H groups in total. The highest BCUT2D eigenvalue weighted by Crippen LogP contribution is 2.27. The topological polar surface area (TPSA) is 51.0 Å². The quantitative estimate of drug-likeness (QED) is 0.726. The maximum atomic E-state index is 13.3. The van der Waals surface area contributed by atoms with Crippen molar-refractivity contribution in [3.63, 3.8) is 0 Å². The average molecular weight is 350 g/mol. The largest absolute Gasteiger partial charge is 0.340 e. The van der Waals surface area contributed by atoms with Crippen LogP contribution in [0.1, 0.15) is 18.0 Å². The van der Waals surface area contributed by atoms with Gasteiger partial charge >= 0.3 is 0 Å². The second kappa shape index (κ2) is 7.07. The van der Waals surface area contributed by atoms with E-state index < -0.39 is 0 Å². The number of aromatic nitrogens is 3. The zero-order valence-electron chi connectivity index (χ0n) is 14.3. The van der Waals surface area contributed by atoms with Crippen molar-refractivity contribution in [2.75, 3.05) is 13.1 Å². The van der Waals surface area contributed by atoms with Crippen LogP contribution in [0.2, 0.25) is 0 Å². The molecule has 1 aromatic heterocycles. The summed E-state index contributed by atoms with van der Waals surface area (Å²) in [6.45, 7) is 1.30. The summed E-state index contributed by atoms with van der Waals surface area (Å²) in [6, 6.07) is 16.3. The number of halogens is 1. The van der Waals surface area contributed by atoms with E-state index in [2.05, 4.69) is 10.2 Å². The molecule has 0 bridgehead atoms. The minimum Gasteiger partial charge on any atom is -0.340 e. The highest BCUT2D eigenvalue weighted by Gasteiger charge is 2.29. The van der Waals surface area contributed by atoms with E-state index in [-0.39, 0.29) is 24.2 Å². The summed E-state index contributed by atoms with van der Waals surface area (Å²) < 4.78 is 15.4. The fourth-order valence-corrected chi connectivity index (χ4v) is 3.43. The minimum atomic E-state index is -0.313. The van der Waals surface area contributed by atoms with Crippen molar-refractivity contribution >= 4 is 5.91 Å². The lowest BCUT2D eigenvalue weighted by molar-refractivity contribution is -0.129. The molecule has 2 aromatic carbocycles. The molecule has 5 nitrogen and oxygen atoms in total. The molecule has 2 heterocycles. The molecule has 4 rings (SSSR count). The van der Waals surface area contributed by atoms with E-state index in [9.17, 15) is 9.18 Å². The maximum Gasteiger partial charge on any atom is 0.227 e. The fraction of sp³-hybridized carbons (Fsp3) is 0.250. The molecule has 1 amide bonds. The molecule has 0 unspecified atom stereocenters. The molecule has 1 atom stereocenters. The van der Waals surface area contributed by atoms with Crippen LogP contribution < -0.4 is 0 Å². The van der Waals surface area contributed by atoms with Gasteiger partial charge in [-0.3, -0.25) is 4.79 Å². The highest BCUT2D eigenvalue weighted by atomic mass is 19.1. The molecule has 132 valence electrons. The molecular formula is C20H19FN4O. The summed E-state index contributed by atoms with van der Waals surface area (Å²) in [5.74, 6) is 0.522. The Morgan fingerprint density at radius 3 is 2.81 bits per heavy atom. The normalized spacial score (nSPS) is 16.8. The van der Waals surface area contributed by atoms with Crippen LogP contribution in [0.15, 0.2) is 60.9 Å². The van der Waals surface area contributed by atoms with Crippen LogP contribution in [0.25, 0.3) is 11.4 Å². The summed E-state index contributed by atoms with van der Waals surface area (Å²) in [4.78, 5) is 14.4. The number of carbonyl (C=O) groups excluding carboxylic acids is 1. The molecule has 3 aromatic rings. The number of nitrogens with zero attached hydrogens (tertiary/aromatic N) is 4. The van der Waals surface area contributed by atoms with Crippen LogP contribution in [0, 0.1) is 5.82 Å². The van der Waals surface area contributed by atoms with Gasteiger partial charge in [0, 0.05) is 18.7 Å². The summed E-state index contributed by atoms with van der Waals surface area (Å²) >= 11 is 0. The minimum absolute atomic E-state index is 0.0208. The van der Waals surface area contributed by atoms with Crippen LogP contribution >= 0.6 is 0 Å². The second-order valence-corrected chi connectivity index (χ2v) is 6.52. The summed E-state index contributed by atoms with van der Waals surface area (Å²) in [5, 5.41) is 8.30. The Kier molecular flexibility index (Phi) is 4.48. The molecule has 1 saturated heterocycles. The average Bonchev–Trinajstić information content (AvgIpc) is 3.32. The van der Waals surface area contributed by atoms with Gasteiger partial charge in [0.2, 0.25) is 5.91 Å². The van der Waals surface area contributed by atoms with E-state index in [0.29, 0.717) is 18.7 Å². The SMILES string of the molecule is O=C(Cc1cccc(F)c1)N1CC[C@H](n2cnnc2-c2ccccc2)C1. The van der Waals surface area contributed by atoms with Crippen LogP contribution in [0.4, 0.5) is 4.39 Å². The molecule has 1 aliphatic rings. The number of amides is 1. The van der Waals surface area contributed by atoms with Crippen molar-refractivity contribution < 1.29 is 9.18 Å². The second-order valence-electron chi connectivity index (χ2n) is 6.52. The summed E-state index contributed by atoms with van der Waals surface area (Å²) in [7, 11) is 0. The first-order valence-electron chi connectivity index (χ1n) is 8.68. The van der Waals surface area contributed by atoms with Gasteiger partial charge in [0.1, 0.15) is 12.1 Å². The van der Waals surface area contributed by atoms with E-state index >= 15 is 0 Å². The smallest absolute Gasteiger partial charge is 0.227 e. The predicted molar refractivity (Wildman–Crippen MR) is 95.8 cm³/mol. The molecule has 1 fully saturated rings. The third-order valence-electron chi connectivity index (χ3n) is 4.76. The Hall–Kier alpha value is -3.02. The van der Waals surface area contributed by atoms with E-state index in [4.69, 9.17) is 0 Å². The molecule has 0 radical (unpaired) electrons. The van der Waals surface area contributed by atoms with Gasteiger partial charge in [0.05, 0.1) is 12.5 Å². The standard InChI is InChI=1S/C20H19FN4O/c21-17-8-4-5-15(11-17)12-19(26)24-10-9-18(13-24)25-14-22-23-20(25)16-6-2-1-3-7-16/h1-8,11,14,18H,9-10,12-13H2/t18-/m0/s1. The highest BCUT2D eigenvalue weighted by molar-refractivity contribution is 5.79. The van der Waals surface area contributed by atoms with Gasteiger partial charge in [-0.05, 0) is 24.1 Å². The van der Waals surface area contributed by atoms with Crippen molar-refractivity contribution in [2.24, 2.45) is 0 Å². The lowest BCUT2D eigenvalue weighted by Gasteiger charge is -2.18. The number of hydrogen-bond acceptors (Lipinski definition) is 3. The first-order valence-corrected chi connectivity index (χ1v) is 8.68. The lowest BCUT2D eigenvalue weighted by atomic mass is 10.1. The third kappa shape index (κ3) is 3.35. The number of benzene rings is 2. The Bertz CT molecular complexity index is 909. The van der Waals surface area contributed by atoms with Gasteiger partial charge in [-0.25, -0.2) is 4.39 Å². The van der Waals surface area contributed by atoms with Gasteiger partial charge in [0.25, 0.3) is 0 Å². The van der Waals surface area contributed by atoms with Gasteiger partial charge in [-0.2, -0.15) is 0 Å². The van der Waals surface area contributed by atoms with Crippen molar-refractivity contribution in [2.45, 2.75) is 18.9 Å². The number of likely N-dealkylation sites (tertiary alicyclic amines) is 1. The van der Waals surface area contributed by atoms with E-state index in [0.717, 1.165) is 17.8 Å². The van der Waals surface area contributed by atoms with E-state index in [1.807, 2.05) is 39.8 Å². The first kappa shape index (κ1) is 16.4. The number of hydrogen-bond donors (Lipinski definition) is 0. The molecule has 1 aliphatic heterocycles. The molecule has 0 spiro atoms. The van der Waals surface area contributed by atoms with Crippen LogP contribution in [0.5, 0.6) is 0 Å². The Morgan fingerprint density at radius 1 is 1.15 bits per heavy atom.